The number of fused-ring (bicyclic) bond motifs is 2. The molecule has 4 heterocycles. The van der Waals surface area contributed by atoms with Crippen LogP contribution in [0.25, 0.3) is 10.2 Å². The van der Waals surface area contributed by atoms with Gasteiger partial charge in [0, 0.05) is 17.8 Å². The lowest BCUT2D eigenvalue weighted by atomic mass is 10.2. The number of anilines is 1. The van der Waals surface area contributed by atoms with Gasteiger partial charge in [0.05, 0.1) is 15.8 Å². The van der Waals surface area contributed by atoms with Gasteiger partial charge in [-0.2, -0.15) is 5.26 Å². The zero-order valence-corrected chi connectivity index (χ0v) is 17.6. The van der Waals surface area contributed by atoms with Crippen LogP contribution in [-0.4, -0.2) is 15.5 Å². The summed E-state index contributed by atoms with van der Waals surface area (Å²) in [5, 5.41) is 13.4. The lowest BCUT2D eigenvalue weighted by Gasteiger charge is -2.08. The number of amides is 1. The predicted molar refractivity (Wildman–Crippen MR) is 113 cm³/mol. The van der Waals surface area contributed by atoms with Crippen LogP contribution >= 0.6 is 22.7 Å². The molecule has 0 saturated carbocycles. The lowest BCUT2D eigenvalue weighted by molar-refractivity contribution is 0.103. The number of aryl methyl sites for hydroxylation is 3. The minimum atomic E-state index is -0.294. The molecule has 28 heavy (non-hydrogen) atoms. The van der Waals surface area contributed by atoms with Crippen molar-refractivity contribution in [1.82, 2.24) is 9.55 Å². The highest BCUT2D eigenvalue weighted by Crippen LogP contribution is 2.34. The van der Waals surface area contributed by atoms with E-state index in [1.807, 2.05) is 13.8 Å². The van der Waals surface area contributed by atoms with Gasteiger partial charge in [-0.15, -0.1) is 22.7 Å². The fourth-order valence-corrected chi connectivity index (χ4v) is 5.73. The molecular weight excluding hydrogens is 392 g/mol. The zero-order chi connectivity index (χ0) is 20.0. The van der Waals surface area contributed by atoms with Crippen LogP contribution in [0, 0.1) is 32.1 Å². The molecule has 1 aliphatic heterocycles. The van der Waals surface area contributed by atoms with E-state index in [2.05, 4.69) is 11.4 Å². The van der Waals surface area contributed by atoms with Crippen LogP contribution in [0.4, 0.5) is 5.00 Å². The van der Waals surface area contributed by atoms with Gasteiger partial charge in [0.25, 0.3) is 11.5 Å². The molecule has 0 atom stereocenters. The van der Waals surface area contributed by atoms with Crippen molar-refractivity contribution in [2.75, 3.05) is 5.32 Å². The number of thiophene rings is 2. The van der Waals surface area contributed by atoms with Crippen molar-refractivity contribution in [3.05, 3.63) is 42.6 Å². The van der Waals surface area contributed by atoms with Gasteiger partial charge in [-0.25, -0.2) is 4.98 Å². The first-order valence-electron chi connectivity index (χ1n) is 9.26. The molecule has 6 nitrogen and oxygen atoms in total. The quantitative estimate of drug-likeness (QED) is 0.680. The highest BCUT2D eigenvalue weighted by atomic mass is 32.1. The smallest absolute Gasteiger partial charge is 0.266 e. The molecule has 1 N–H and O–H groups in total. The number of nitrogens with one attached hydrogen (secondary N) is 1. The maximum absolute atomic E-state index is 13.0. The molecule has 3 aromatic heterocycles. The van der Waals surface area contributed by atoms with Crippen LogP contribution < -0.4 is 10.9 Å². The average Bonchev–Trinajstić information content (AvgIpc) is 3.00. The second-order valence-electron chi connectivity index (χ2n) is 7.09. The molecule has 1 amide bonds. The topological polar surface area (TPSA) is 87.8 Å². The maximum atomic E-state index is 13.0. The van der Waals surface area contributed by atoms with E-state index in [1.54, 1.807) is 11.5 Å². The van der Waals surface area contributed by atoms with E-state index >= 15 is 0 Å². The van der Waals surface area contributed by atoms with E-state index < -0.39 is 0 Å². The Labute approximate surface area is 170 Å². The molecule has 144 valence electrons. The van der Waals surface area contributed by atoms with Gasteiger partial charge >= 0.3 is 0 Å². The summed E-state index contributed by atoms with van der Waals surface area (Å²) in [7, 11) is 0. The van der Waals surface area contributed by atoms with Crippen LogP contribution in [0.1, 0.15) is 56.3 Å². The summed E-state index contributed by atoms with van der Waals surface area (Å²) in [6.07, 6.45) is 3.90. The second kappa shape index (κ2) is 7.15. The first-order chi connectivity index (χ1) is 13.4. The number of hydrogen-bond acceptors (Lipinski definition) is 6. The molecule has 0 spiro atoms. The molecule has 0 radical (unpaired) electrons. The standard InChI is InChI=1S/C20H20N4O2S2/c1-10-12(3)27-18(13(10)9-21)23-17(25)16-11(2)15-19(28-16)22-14-7-5-4-6-8-24(14)20(15)26/h4-8H2,1-3H3,(H,23,25). The van der Waals surface area contributed by atoms with Crippen molar-refractivity contribution in [1.29, 1.82) is 5.26 Å². The summed E-state index contributed by atoms with van der Waals surface area (Å²) < 4.78 is 1.77. The predicted octanol–water partition coefficient (Wildman–Crippen LogP) is 4.30. The Morgan fingerprint density at radius 3 is 2.71 bits per heavy atom. The van der Waals surface area contributed by atoms with Crippen molar-refractivity contribution < 1.29 is 4.79 Å². The Hall–Kier alpha value is -2.50. The van der Waals surface area contributed by atoms with Crippen molar-refractivity contribution in [3.63, 3.8) is 0 Å². The summed E-state index contributed by atoms with van der Waals surface area (Å²) in [6, 6.07) is 2.17. The van der Waals surface area contributed by atoms with E-state index in [4.69, 9.17) is 4.98 Å². The van der Waals surface area contributed by atoms with E-state index in [9.17, 15) is 14.9 Å². The summed E-state index contributed by atoms with van der Waals surface area (Å²) in [5.74, 6) is 0.525. The molecule has 0 unspecified atom stereocenters. The number of hydrogen-bond donors (Lipinski definition) is 1. The van der Waals surface area contributed by atoms with Gasteiger partial charge in [0.1, 0.15) is 21.7 Å². The number of nitriles is 1. The van der Waals surface area contributed by atoms with Crippen molar-refractivity contribution >= 4 is 43.8 Å². The molecule has 0 aromatic carbocycles. The van der Waals surface area contributed by atoms with Crippen LogP contribution in [0.3, 0.4) is 0 Å². The van der Waals surface area contributed by atoms with Crippen LogP contribution in [0.15, 0.2) is 4.79 Å². The summed E-state index contributed by atoms with van der Waals surface area (Å²) in [6.45, 7) is 6.30. The van der Waals surface area contributed by atoms with Crippen LogP contribution in [0.2, 0.25) is 0 Å². The number of carbonyl (C=O) groups excluding carboxylic acids is 1. The summed E-state index contributed by atoms with van der Waals surface area (Å²) in [4.78, 5) is 32.8. The molecule has 0 fully saturated rings. The van der Waals surface area contributed by atoms with Gasteiger partial charge in [0.15, 0.2) is 0 Å². The highest BCUT2D eigenvalue weighted by Gasteiger charge is 2.23. The molecule has 0 bridgehead atoms. The minimum absolute atomic E-state index is 0.0461. The Kier molecular flexibility index (Phi) is 4.81. The van der Waals surface area contributed by atoms with Gasteiger partial charge in [0.2, 0.25) is 0 Å². The van der Waals surface area contributed by atoms with Crippen LogP contribution in [-0.2, 0) is 13.0 Å². The first-order valence-corrected chi connectivity index (χ1v) is 10.9. The van der Waals surface area contributed by atoms with Crippen molar-refractivity contribution in [3.8, 4) is 6.07 Å². The molecule has 1 aliphatic rings. The molecule has 0 aliphatic carbocycles. The SMILES string of the molecule is Cc1sc(NC(=O)c2sc3nc4n(c(=O)c3c2C)CCCCC4)c(C#N)c1C. The van der Waals surface area contributed by atoms with E-state index in [0.717, 1.165) is 41.9 Å². The van der Waals surface area contributed by atoms with Crippen LogP contribution in [0.5, 0.6) is 0 Å². The third-order valence-corrected chi connectivity index (χ3v) is 7.65. The number of nitrogens with zero attached hydrogens (tertiary/aromatic N) is 3. The minimum Gasteiger partial charge on any atom is -0.312 e. The maximum Gasteiger partial charge on any atom is 0.266 e. The fraction of sp³-hybridized carbons (Fsp3) is 0.400. The number of aromatic nitrogens is 2. The Morgan fingerprint density at radius 1 is 1.18 bits per heavy atom. The molecule has 4 rings (SSSR count). The third-order valence-electron chi connectivity index (χ3n) is 5.34. The zero-order valence-electron chi connectivity index (χ0n) is 16.0. The molecule has 0 saturated heterocycles. The molecule has 8 heteroatoms. The Morgan fingerprint density at radius 2 is 1.96 bits per heavy atom. The Bertz CT molecular complexity index is 1210. The number of rotatable bonds is 2. The number of carbonyl (C=O) groups is 1. The lowest BCUT2D eigenvalue weighted by Crippen LogP contribution is -2.24. The van der Waals surface area contributed by atoms with Gasteiger partial charge in [-0.1, -0.05) is 6.42 Å². The monoisotopic (exact) mass is 412 g/mol. The molecule has 3 aromatic rings. The first kappa shape index (κ1) is 18.8. The summed E-state index contributed by atoms with van der Waals surface area (Å²) in [5.41, 5.74) is 2.01. The largest absolute Gasteiger partial charge is 0.312 e. The van der Waals surface area contributed by atoms with E-state index in [0.29, 0.717) is 37.8 Å². The third kappa shape index (κ3) is 2.95. The fourth-order valence-electron chi connectivity index (χ4n) is 3.64. The van der Waals surface area contributed by atoms with E-state index in [-0.39, 0.29) is 11.5 Å². The van der Waals surface area contributed by atoms with Gasteiger partial charge < -0.3 is 5.32 Å². The molecular formula is C20H20N4O2S2. The highest BCUT2D eigenvalue weighted by molar-refractivity contribution is 7.21. The Balaban J connectivity index is 1.78. The van der Waals surface area contributed by atoms with Crippen molar-refractivity contribution in [2.45, 2.75) is 53.0 Å². The van der Waals surface area contributed by atoms with Crippen molar-refractivity contribution in [2.24, 2.45) is 0 Å². The van der Waals surface area contributed by atoms with Gasteiger partial charge in [-0.05, 0) is 44.7 Å². The summed E-state index contributed by atoms with van der Waals surface area (Å²) >= 11 is 2.65. The van der Waals surface area contributed by atoms with E-state index in [1.165, 1.54) is 22.7 Å². The average molecular weight is 413 g/mol. The van der Waals surface area contributed by atoms with Gasteiger partial charge in [-0.3, -0.25) is 14.2 Å². The normalized spacial score (nSPS) is 13.8. The second-order valence-corrected chi connectivity index (χ2v) is 9.31.